The third-order valence-corrected chi connectivity index (χ3v) is 6.41. The molecule has 0 bridgehead atoms. The molecule has 1 aliphatic carbocycles. The van der Waals surface area contributed by atoms with Crippen LogP contribution in [-0.4, -0.2) is 58.2 Å². The minimum atomic E-state index is -5.01. The highest BCUT2D eigenvalue weighted by molar-refractivity contribution is 9.10. The highest BCUT2D eigenvalue weighted by atomic mass is 79.9. The molecular formula is C21H26BrF3N4O4. The summed E-state index contributed by atoms with van der Waals surface area (Å²) in [6.07, 6.45) is -4.70. The third kappa shape index (κ3) is 5.42. The molecule has 8 nitrogen and oxygen atoms in total. The number of ether oxygens (including phenoxy) is 1. The van der Waals surface area contributed by atoms with Crippen molar-refractivity contribution in [1.82, 2.24) is 15.2 Å². The molecule has 0 radical (unpaired) electrons. The molecule has 2 aliphatic rings. The predicted octanol–water partition coefficient (Wildman–Crippen LogP) is 3.93. The van der Waals surface area contributed by atoms with Gasteiger partial charge in [-0.1, -0.05) is 6.07 Å². The van der Waals surface area contributed by atoms with Crippen molar-refractivity contribution in [3.8, 4) is 0 Å². The molecule has 0 aromatic carbocycles. The molecule has 2 fully saturated rings. The molecule has 3 amide bonds. The first-order chi connectivity index (χ1) is 15.1. The first-order valence-corrected chi connectivity index (χ1v) is 11.2. The lowest BCUT2D eigenvalue weighted by molar-refractivity contribution is -0.174. The van der Waals surface area contributed by atoms with Gasteiger partial charge in [-0.05, 0) is 74.5 Å². The summed E-state index contributed by atoms with van der Waals surface area (Å²) < 4.78 is 44.1. The summed E-state index contributed by atoms with van der Waals surface area (Å²) >= 11 is 3.25. The fraction of sp³-hybridized carbons (Fsp3) is 0.619. The summed E-state index contributed by atoms with van der Waals surface area (Å²) in [5, 5.41) is 4.65. The van der Waals surface area contributed by atoms with Gasteiger partial charge in [0.25, 0.3) is 0 Å². The molecule has 12 heteroatoms. The van der Waals surface area contributed by atoms with Gasteiger partial charge in [0.05, 0.1) is 0 Å². The predicted molar refractivity (Wildman–Crippen MR) is 116 cm³/mol. The van der Waals surface area contributed by atoms with Crippen LogP contribution in [0.15, 0.2) is 16.7 Å². The van der Waals surface area contributed by atoms with E-state index in [-0.39, 0.29) is 13.0 Å². The number of anilines is 1. The number of fused-ring (bicyclic) bond motifs is 1. The average molecular weight is 535 g/mol. The first kappa shape index (κ1) is 25.3. The highest BCUT2D eigenvalue weighted by Crippen LogP contribution is 2.54. The van der Waals surface area contributed by atoms with Crippen LogP contribution in [0, 0.1) is 12.3 Å². The Bertz CT molecular complexity index is 966. The Labute approximate surface area is 197 Å². The number of halogens is 4. The highest BCUT2D eigenvalue weighted by Gasteiger charge is 2.62. The number of rotatable bonds is 4. The van der Waals surface area contributed by atoms with E-state index >= 15 is 0 Å². The van der Waals surface area contributed by atoms with Crippen molar-refractivity contribution in [1.29, 1.82) is 0 Å². The number of aromatic nitrogens is 1. The molecule has 2 heterocycles. The number of nitrogens with one attached hydrogen (secondary N) is 2. The SMILES string of the molecule is Cc1ccc(Br)nc1NC(=O)[C@@H]1C[C@@]2(CNC(=O)C(F)(F)F)CC[C@H]2N1C(=O)OC(C)(C)C. The number of carbonyl (C=O) groups is 3. The molecule has 3 rings (SSSR count). The molecule has 3 atom stereocenters. The van der Waals surface area contributed by atoms with Crippen molar-refractivity contribution in [3.05, 3.63) is 22.3 Å². The van der Waals surface area contributed by atoms with E-state index < -0.39 is 47.2 Å². The number of hydrogen-bond donors (Lipinski definition) is 2. The molecule has 1 aliphatic heterocycles. The molecule has 0 spiro atoms. The minimum absolute atomic E-state index is 0.0912. The zero-order valence-electron chi connectivity index (χ0n) is 18.7. The van der Waals surface area contributed by atoms with Gasteiger partial charge < -0.3 is 15.4 Å². The van der Waals surface area contributed by atoms with Crippen LogP contribution in [0.1, 0.15) is 45.6 Å². The number of likely N-dealkylation sites (tertiary alicyclic amines) is 1. The largest absolute Gasteiger partial charge is 0.471 e. The lowest BCUT2D eigenvalue weighted by atomic mass is 9.64. The van der Waals surface area contributed by atoms with Crippen LogP contribution in [0.3, 0.4) is 0 Å². The summed E-state index contributed by atoms with van der Waals surface area (Å²) in [4.78, 5) is 43.2. The Balaban J connectivity index is 1.86. The van der Waals surface area contributed by atoms with Crippen LogP contribution in [0.4, 0.5) is 23.8 Å². The maximum Gasteiger partial charge on any atom is 0.471 e. The van der Waals surface area contributed by atoms with Crippen molar-refractivity contribution in [2.45, 2.75) is 70.8 Å². The summed E-state index contributed by atoms with van der Waals surface area (Å²) in [6.45, 7) is 6.51. The fourth-order valence-electron chi connectivity index (χ4n) is 4.31. The molecule has 1 aromatic heterocycles. The standard InChI is InChI=1S/C21H26BrF3N4O4/c1-11-5-6-14(22)27-15(11)28-16(30)12-9-20(10-26-17(31)21(23,24)25)8-7-13(20)29(12)18(32)33-19(2,3)4/h5-6,12-13H,7-10H2,1-4H3,(H,26,31)(H,27,28,30)/t12-,13+,20+/m0/s1. The van der Waals surface area contributed by atoms with Gasteiger partial charge >= 0.3 is 18.2 Å². The maximum absolute atomic E-state index is 13.2. The Morgan fingerprint density at radius 2 is 1.94 bits per heavy atom. The Morgan fingerprint density at radius 1 is 1.27 bits per heavy atom. The second kappa shape index (κ2) is 8.77. The van der Waals surface area contributed by atoms with Crippen molar-refractivity contribution in [2.75, 3.05) is 11.9 Å². The monoisotopic (exact) mass is 534 g/mol. The fourth-order valence-corrected chi connectivity index (χ4v) is 4.62. The molecule has 2 N–H and O–H groups in total. The van der Waals surface area contributed by atoms with E-state index in [0.717, 1.165) is 0 Å². The van der Waals surface area contributed by atoms with Crippen LogP contribution in [0.2, 0.25) is 0 Å². The Kier molecular flexibility index (Phi) is 6.71. The number of carbonyl (C=O) groups excluding carboxylic acids is 3. The van der Waals surface area contributed by atoms with Gasteiger partial charge in [-0.3, -0.25) is 14.5 Å². The summed E-state index contributed by atoms with van der Waals surface area (Å²) in [5.41, 5.74) is -0.983. The molecule has 33 heavy (non-hydrogen) atoms. The van der Waals surface area contributed by atoms with E-state index in [2.05, 4.69) is 26.2 Å². The molecule has 182 valence electrons. The van der Waals surface area contributed by atoms with E-state index in [0.29, 0.717) is 28.8 Å². The molecule has 1 saturated heterocycles. The van der Waals surface area contributed by atoms with Crippen molar-refractivity contribution < 1.29 is 32.3 Å². The molecular weight excluding hydrogens is 509 g/mol. The van der Waals surface area contributed by atoms with Crippen molar-refractivity contribution in [3.63, 3.8) is 0 Å². The smallest absolute Gasteiger partial charge is 0.444 e. The summed E-state index contributed by atoms with van der Waals surface area (Å²) in [5.74, 6) is -2.27. The number of aryl methyl sites for hydroxylation is 1. The average Bonchev–Trinajstić information content (AvgIpc) is 2.88. The molecule has 0 unspecified atom stereocenters. The van der Waals surface area contributed by atoms with Crippen LogP contribution < -0.4 is 10.6 Å². The normalized spacial score (nSPS) is 24.5. The number of nitrogens with zero attached hydrogens (tertiary/aromatic N) is 2. The van der Waals surface area contributed by atoms with Crippen molar-refractivity contribution >= 4 is 39.7 Å². The zero-order valence-corrected chi connectivity index (χ0v) is 20.3. The van der Waals surface area contributed by atoms with E-state index in [4.69, 9.17) is 4.74 Å². The van der Waals surface area contributed by atoms with E-state index in [1.54, 1.807) is 39.8 Å². The van der Waals surface area contributed by atoms with Crippen LogP contribution in [0.5, 0.6) is 0 Å². The molecule has 1 aromatic rings. The number of hydrogen-bond acceptors (Lipinski definition) is 5. The summed E-state index contributed by atoms with van der Waals surface area (Å²) in [7, 11) is 0. The van der Waals surface area contributed by atoms with Crippen LogP contribution >= 0.6 is 15.9 Å². The minimum Gasteiger partial charge on any atom is -0.444 e. The lowest BCUT2D eigenvalue weighted by Crippen LogP contribution is -2.57. The van der Waals surface area contributed by atoms with Gasteiger partial charge in [0.15, 0.2) is 0 Å². The van der Waals surface area contributed by atoms with Crippen molar-refractivity contribution in [2.24, 2.45) is 5.41 Å². The second-order valence-corrected chi connectivity index (χ2v) is 10.3. The number of alkyl halides is 3. The zero-order chi connectivity index (χ0) is 24.8. The van der Waals surface area contributed by atoms with Crippen LogP contribution in [-0.2, 0) is 14.3 Å². The van der Waals surface area contributed by atoms with Gasteiger partial charge in [-0.2, -0.15) is 13.2 Å². The quantitative estimate of drug-likeness (QED) is 0.570. The Hall–Kier alpha value is -2.37. The Morgan fingerprint density at radius 3 is 2.48 bits per heavy atom. The topological polar surface area (TPSA) is 101 Å². The van der Waals surface area contributed by atoms with Gasteiger partial charge in [-0.15, -0.1) is 0 Å². The van der Waals surface area contributed by atoms with E-state index in [1.807, 2.05) is 5.32 Å². The lowest BCUT2D eigenvalue weighted by Gasteiger charge is -2.47. The van der Waals surface area contributed by atoms with Crippen LogP contribution in [0.25, 0.3) is 0 Å². The number of amides is 3. The van der Waals surface area contributed by atoms with E-state index in [9.17, 15) is 27.6 Å². The number of pyridine rings is 1. The second-order valence-electron chi connectivity index (χ2n) is 9.49. The maximum atomic E-state index is 13.2. The van der Waals surface area contributed by atoms with E-state index in [1.165, 1.54) is 4.90 Å². The first-order valence-electron chi connectivity index (χ1n) is 10.4. The third-order valence-electron chi connectivity index (χ3n) is 5.96. The molecule has 1 saturated carbocycles. The van der Waals surface area contributed by atoms with Gasteiger partial charge in [0.1, 0.15) is 22.1 Å². The summed E-state index contributed by atoms with van der Waals surface area (Å²) in [6, 6.07) is 1.94. The van der Waals surface area contributed by atoms with Gasteiger partial charge in [0, 0.05) is 18.0 Å². The van der Waals surface area contributed by atoms with Gasteiger partial charge in [0.2, 0.25) is 5.91 Å². The van der Waals surface area contributed by atoms with Gasteiger partial charge in [-0.25, -0.2) is 9.78 Å².